The molecule has 138 valence electrons. The van der Waals surface area contributed by atoms with Gasteiger partial charge in [0.2, 0.25) is 5.91 Å². The molecule has 6 heteroatoms. The van der Waals surface area contributed by atoms with E-state index in [0.29, 0.717) is 39.1 Å². The van der Waals surface area contributed by atoms with E-state index in [-0.39, 0.29) is 18.2 Å². The van der Waals surface area contributed by atoms with Gasteiger partial charge in [-0.25, -0.2) is 0 Å². The van der Waals surface area contributed by atoms with E-state index in [9.17, 15) is 9.59 Å². The average Bonchev–Trinajstić information content (AvgIpc) is 2.60. The van der Waals surface area contributed by atoms with Gasteiger partial charge in [-0.2, -0.15) is 0 Å². The van der Waals surface area contributed by atoms with Gasteiger partial charge in [-0.15, -0.1) is 0 Å². The van der Waals surface area contributed by atoms with Crippen LogP contribution in [0.15, 0.2) is 24.3 Å². The van der Waals surface area contributed by atoms with E-state index in [2.05, 4.69) is 0 Å². The van der Waals surface area contributed by atoms with Crippen molar-refractivity contribution in [2.45, 2.75) is 39.0 Å². The zero-order valence-corrected chi connectivity index (χ0v) is 14.8. The van der Waals surface area contributed by atoms with Crippen LogP contribution in [0, 0.1) is 5.92 Å². The lowest BCUT2D eigenvalue weighted by Gasteiger charge is -2.31. The zero-order valence-electron chi connectivity index (χ0n) is 14.8. The van der Waals surface area contributed by atoms with Gasteiger partial charge in [-0.3, -0.25) is 9.59 Å². The second kappa shape index (κ2) is 9.91. The van der Waals surface area contributed by atoms with Crippen LogP contribution in [0.1, 0.15) is 39.0 Å². The summed E-state index contributed by atoms with van der Waals surface area (Å²) in [6, 6.07) is 7.45. The highest BCUT2D eigenvalue weighted by molar-refractivity contribution is 5.76. The van der Waals surface area contributed by atoms with Gasteiger partial charge in [0, 0.05) is 25.9 Å². The Balaban J connectivity index is 1.61. The Kier molecular flexibility index (Phi) is 7.57. The molecule has 1 fully saturated rings. The number of aliphatic carboxylic acids is 1. The van der Waals surface area contributed by atoms with E-state index in [0.717, 1.165) is 24.3 Å². The predicted octanol–water partition coefficient (Wildman–Crippen LogP) is 2.96. The molecule has 1 aliphatic heterocycles. The van der Waals surface area contributed by atoms with Crippen LogP contribution in [0.4, 0.5) is 0 Å². The Morgan fingerprint density at radius 2 is 1.72 bits per heavy atom. The molecule has 0 unspecified atom stereocenters. The van der Waals surface area contributed by atoms with Crippen LogP contribution < -0.4 is 9.47 Å². The molecule has 1 aromatic rings. The number of amides is 1. The van der Waals surface area contributed by atoms with Crippen molar-refractivity contribution in [2.75, 3.05) is 26.3 Å². The Morgan fingerprint density at radius 1 is 1.12 bits per heavy atom. The molecule has 25 heavy (non-hydrogen) atoms. The number of carboxylic acid groups (broad SMARTS) is 1. The molecule has 1 saturated heterocycles. The zero-order chi connectivity index (χ0) is 18.1. The van der Waals surface area contributed by atoms with Crippen molar-refractivity contribution in [2.24, 2.45) is 5.92 Å². The highest BCUT2D eigenvalue weighted by Crippen LogP contribution is 2.21. The molecule has 1 amide bonds. The number of nitrogens with zero attached hydrogens (tertiary/aromatic N) is 1. The molecule has 2 rings (SSSR count). The van der Waals surface area contributed by atoms with E-state index in [4.69, 9.17) is 14.6 Å². The number of hydrogen-bond acceptors (Lipinski definition) is 4. The number of carbonyl (C=O) groups is 2. The number of carbonyl (C=O) groups excluding carboxylic acids is 1. The summed E-state index contributed by atoms with van der Waals surface area (Å²) >= 11 is 0. The summed E-state index contributed by atoms with van der Waals surface area (Å²) in [5.41, 5.74) is 0. The van der Waals surface area contributed by atoms with E-state index < -0.39 is 5.97 Å². The molecule has 1 N–H and O–H groups in total. The normalized spacial score (nSPS) is 15.0. The average molecular weight is 349 g/mol. The first kappa shape index (κ1) is 19.1. The van der Waals surface area contributed by atoms with Crippen LogP contribution in [0.3, 0.4) is 0 Å². The summed E-state index contributed by atoms with van der Waals surface area (Å²) in [7, 11) is 0. The number of rotatable bonds is 9. The lowest BCUT2D eigenvalue weighted by Crippen LogP contribution is -2.38. The Labute approximate surface area is 148 Å². The van der Waals surface area contributed by atoms with Gasteiger partial charge in [0.1, 0.15) is 11.5 Å². The fourth-order valence-electron chi connectivity index (χ4n) is 3.00. The summed E-state index contributed by atoms with van der Waals surface area (Å²) in [6.45, 7) is 4.40. The van der Waals surface area contributed by atoms with E-state index in [1.165, 1.54) is 0 Å². The molecular formula is C19H27NO5. The topological polar surface area (TPSA) is 76.1 Å². The maximum atomic E-state index is 12.2. The van der Waals surface area contributed by atoms with E-state index in [1.807, 2.05) is 36.1 Å². The van der Waals surface area contributed by atoms with Crippen LogP contribution in [0.25, 0.3) is 0 Å². The standard InChI is InChI=1S/C19H27NO5/c1-2-24-16-5-7-17(8-6-16)25-13-3-4-18(21)20-11-9-15(10-12-20)14-19(22)23/h5-8,15H,2-4,9-14H2,1H3,(H,22,23). The maximum Gasteiger partial charge on any atom is 0.303 e. The number of piperidine rings is 1. The molecule has 0 spiro atoms. The summed E-state index contributed by atoms with van der Waals surface area (Å²) < 4.78 is 11.0. The molecule has 0 atom stereocenters. The van der Waals surface area contributed by atoms with Gasteiger partial charge < -0.3 is 19.5 Å². The summed E-state index contributed by atoms with van der Waals surface area (Å²) in [5.74, 6) is 1.16. The fraction of sp³-hybridized carbons (Fsp3) is 0.579. The SMILES string of the molecule is CCOc1ccc(OCCCC(=O)N2CCC(CC(=O)O)CC2)cc1. The van der Waals surface area contributed by atoms with Crippen LogP contribution in [-0.2, 0) is 9.59 Å². The van der Waals surface area contributed by atoms with Crippen molar-refractivity contribution < 1.29 is 24.2 Å². The van der Waals surface area contributed by atoms with Crippen molar-refractivity contribution in [1.82, 2.24) is 4.90 Å². The molecule has 0 saturated carbocycles. The van der Waals surface area contributed by atoms with Gasteiger partial charge in [-0.05, 0) is 56.4 Å². The van der Waals surface area contributed by atoms with Gasteiger partial charge in [0.05, 0.1) is 13.2 Å². The number of hydrogen-bond donors (Lipinski definition) is 1. The maximum absolute atomic E-state index is 12.2. The van der Waals surface area contributed by atoms with Gasteiger partial charge >= 0.3 is 5.97 Å². The number of likely N-dealkylation sites (tertiary alicyclic amines) is 1. The van der Waals surface area contributed by atoms with Crippen molar-refractivity contribution in [3.63, 3.8) is 0 Å². The predicted molar refractivity (Wildman–Crippen MR) is 93.9 cm³/mol. The molecule has 1 aromatic carbocycles. The van der Waals surface area contributed by atoms with Crippen LogP contribution in [0.5, 0.6) is 11.5 Å². The smallest absolute Gasteiger partial charge is 0.303 e. The molecular weight excluding hydrogens is 322 g/mol. The highest BCUT2D eigenvalue weighted by Gasteiger charge is 2.23. The van der Waals surface area contributed by atoms with Gasteiger partial charge in [0.25, 0.3) is 0 Å². The molecule has 1 heterocycles. The van der Waals surface area contributed by atoms with E-state index >= 15 is 0 Å². The van der Waals surface area contributed by atoms with Crippen LogP contribution >= 0.6 is 0 Å². The summed E-state index contributed by atoms with van der Waals surface area (Å²) in [4.78, 5) is 24.8. The third-order valence-electron chi connectivity index (χ3n) is 4.37. The van der Waals surface area contributed by atoms with Crippen molar-refractivity contribution in [3.8, 4) is 11.5 Å². The van der Waals surface area contributed by atoms with Gasteiger partial charge in [-0.1, -0.05) is 0 Å². The molecule has 0 aromatic heterocycles. The largest absolute Gasteiger partial charge is 0.494 e. The molecule has 1 aliphatic rings. The van der Waals surface area contributed by atoms with Crippen molar-refractivity contribution in [3.05, 3.63) is 24.3 Å². The minimum atomic E-state index is -0.754. The van der Waals surface area contributed by atoms with Crippen molar-refractivity contribution in [1.29, 1.82) is 0 Å². The Morgan fingerprint density at radius 3 is 2.28 bits per heavy atom. The summed E-state index contributed by atoms with van der Waals surface area (Å²) in [5, 5.41) is 8.82. The van der Waals surface area contributed by atoms with E-state index in [1.54, 1.807) is 0 Å². The first-order chi connectivity index (χ1) is 12.1. The quantitative estimate of drug-likeness (QED) is 0.694. The minimum Gasteiger partial charge on any atom is -0.494 e. The van der Waals surface area contributed by atoms with Crippen LogP contribution in [0.2, 0.25) is 0 Å². The Bertz CT molecular complexity index is 549. The monoisotopic (exact) mass is 349 g/mol. The Hall–Kier alpha value is -2.24. The lowest BCUT2D eigenvalue weighted by molar-refractivity contribution is -0.138. The first-order valence-corrected chi connectivity index (χ1v) is 8.93. The highest BCUT2D eigenvalue weighted by atomic mass is 16.5. The molecule has 0 bridgehead atoms. The van der Waals surface area contributed by atoms with Crippen molar-refractivity contribution >= 4 is 11.9 Å². The number of carboxylic acids is 1. The third kappa shape index (κ3) is 6.64. The third-order valence-corrected chi connectivity index (χ3v) is 4.37. The van der Waals surface area contributed by atoms with Gasteiger partial charge in [0.15, 0.2) is 0 Å². The van der Waals surface area contributed by atoms with Crippen LogP contribution in [-0.4, -0.2) is 48.2 Å². The fourth-order valence-corrected chi connectivity index (χ4v) is 3.00. The number of ether oxygens (including phenoxy) is 2. The lowest BCUT2D eigenvalue weighted by atomic mass is 9.93. The number of benzene rings is 1. The molecule has 6 nitrogen and oxygen atoms in total. The first-order valence-electron chi connectivity index (χ1n) is 8.93. The summed E-state index contributed by atoms with van der Waals surface area (Å²) in [6.07, 6.45) is 2.89. The minimum absolute atomic E-state index is 0.129. The second-order valence-corrected chi connectivity index (χ2v) is 6.28. The molecule has 0 aliphatic carbocycles. The second-order valence-electron chi connectivity index (χ2n) is 6.28. The molecule has 0 radical (unpaired) electrons.